The van der Waals surface area contributed by atoms with E-state index in [9.17, 15) is 8.42 Å². The third-order valence-electron chi connectivity index (χ3n) is 3.85. The summed E-state index contributed by atoms with van der Waals surface area (Å²) in [7, 11) is -3.17. The molecule has 1 fully saturated rings. The number of sulfonamides is 1. The second-order valence-corrected chi connectivity index (χ2v) is 7.64. The Kier molecular flexibility index (Phi) is 3.96. The molecule has 0 amide bonds. The molecule has 0 unspecified atom stereocenters. The second kappa shape index (κ2) is 5.77. The van der Waals surface area contributed by atoms with E-state index in [1.165, 1.54) is 10.6 Å². The van der Waals surface area contributed by atoms with Gasteiger partial charge in [-0.25, -0.2) is 27.7 Å². The van der Waals surface area contributed by atoms with Crippen LogP contribution in [0.3, 0.4) is 0 Å². The lowest BCUT2D eigenvalue weighted by Crippen LogP contribution is -2.38. The molecule has 0 radical (unpaired) electrons. The van der Waals surface area contributed by atoms with Crippen LogP contribution in [0.5, 0.6) is 0 Å². The molecule has 0 N–H and O–H groups in total. The maximum atomic E-state index is 11.8. The topological polar surface area (TPSA) is 81.0 Å². The first kappa shape index (κ1) is 15.1. The van der Waals surface area contributed by atoms with Gasteiger partial charge in [0.25, 0.3) is 0 Å². The van der Waals surface area contributed by atoms with Crippen molar-refractivity contribution in [2.45, 2.75) is 25.7 Å². The van der Waals surface area contributed by atoms with Gasteiger partial charge in [0.05, 0.1) is 6.26 Å². The van der Waals surface area contributed by atoms with E-state index in [1.54, 1.807) is 12.5 Å². The van der Waals surface area contributed by atoms with Crippen LogP contribution in [0.4, 0.5) is 0 Å². The largest absolute Gasteiger partial charge is 0.290 e. The predicted molar refractivity (Wildman–Crippen MR) is 82.3 cm³/mol. The van der Waals surface area contributed by atoms with E-state index in [0.29, 0.717) is 18.9 Å². The Morgan fingerprint density at radius 3 is 2.82 bits per heavy atom. The predicted octanol–water partition coefficient (Wildman–Crippen LogP) is 1.11. The SMILES string of the molecule is Cc1cc(-n2ccnc2)nc([C@H]2CCCN(S(C)(=O)=O)C2)n1. The molecule has 1 aliphatic heterocycles. The summed E-state index contributed by atoms with van der Waals surface area (Å²) in [5.41, 5.74) is 0.866. The molecule has 8 heteroatoms. The van der Waals surface area contributed by atoms with Crippen LogP contribution in [-0.4, -0.2) is 51.6 Å². The summed E-state index contributed by atoms with van der Waals surface area (Å²) in [6, 6.07) is 1.89. The molecule has 22 heavy (non-hydrogen) atoms. The van der Waals surface area contributed by atoms with Gasteiger partial charge < -0.3 is 0 Å². The Hall–Kier alpha value is -1.80. The molecule has 0 aromatic carbocycles. The summed E-state index contributed by atoms with van der Waals surface area (Å²) >= 11 is 0. The number of hydrogen-bond donors (Lipinski definition) is 0. The van der Waals surface area contributed by atoms with Crippen molar-refractivity contribution in [3.63, 3.8) is 0 Å². The Labute approximate surface area is 130 Å². The fourth-order valence-corrected chi connectivity index (χ4v) is 3.65. The molecule has 1 atom stereocenters. The molecule has 7 nitrogen and oxygen atoms in total. The number of aryl methyl sites for hydroxylation is 1. The monoisotopic (exact) mass is 321 g/mol. The minimum absolute atomic E-state index is 0.0330. The first-order chi connectivity index (χ1) is 10.4. The van der Waals surface area contributed by atoms with Crippen LogP contribution in [0.1, 0.15) is 30.3 Å². The van der Waals surface area contributed by atoms with Gasteiger partial charge in [-0.1, -0.05) is 0 Å². The zero-order valence-corrected chi connectivity index (χ0v) is 13.5. The van der Waals surface area contributed by atoms with Crippen molar-refractivity contribution in [2.24, 2.45) is 0 Å². The van der Waals surface area contributed by atoms with Gasteiger partial charge in [-0.2, -0.15) is 0 Å². The second-order valence-electron chi connectivity index (χ2n) is 5.66. The van der Waals surface area contributed by atoms with Crippen LogP contribution in [0.2, 0.25) is 0 Å². The van der Waals surface area contributed by atoms with Gasteiger partial charge in [-0.15, -0.1) is 0 Å². The third-order valence-corrected chi connectivity index (χ3v) is 5.11. The minimum Gasteiger partial charge on any atom is -0.290 e. The lowest BCUT2D eigenvalue weighted by atomic mass is 9.99. The number of rotatable bonds is 3. The van der Waals surface area contributed by atoms with Gasteiger partial charge >= 0.3 is 0 Å². The van der Waals surface area contributed by atoms with Crippen LogP contribution in [-0.2, 0) is 10.0 Å². The van der Waals surface area contributed by atoms with Crippen LogP contribution >= 0.6 is 0 Å². The molecule has 2 aromatic rings. The van der Waals surface area contributed by atoms with Gasteiger partial charge in [0.2, 0.25) is 10.0 Å². The molecule has 1 aliphatic rings. The molecule has 0 spiro atoms. The summed E-state index contributed by atoms with van der Waals surface area (Å²) in [5.74, 6) is 1.50. The Bertz CT molecular complexity index is 758. The minimum atomic E-state index is -3.17. The van der Waals surface area contributed by atoms with Gasteiger partial charge in [0.15, 0.2) is 0 Å². The fraction of sp³-hybridized carbons (Fsp3) is 0.500. The first-order valence-corrected chi connectivity index (χ1v) is 9.07. The van der Waals surface area contributed by atoms with Crippen LogP contribution in [0.15, 0.2) is 24.8 Å². The standard InChI is InChI=1S/C14H19N5O2S/c1-11-8-13(18-7-5-15-10-18)17-14(16-11)12-4-3-6-19(9-12)22(2,20)21/h5,7-8,10,12H,3-4,6,9H2,1-2H3/t12-/m0/s1. The quantitative estimate of drug-likeness (QED) is 0.846. The van der Waals surface area contributed by atoms with Crippen LogP contribution < -0.4 is 0 Å². The normalized spacial score (nSPS) is 20.2. The van der Waals surface area contributed by atoms with Crippen molar-refractivity contribution < 1.29 is 8.42 Å². The zero-order valence-electron chi connectivity index (χ0n) is 12.7. The molecule has 0 saturated carbocycles. The maximum absolute atomic E-state index is 11.8. The summed E-state index contributed by atoms with van der Waals surface area (Å²) in [6.45, 7) is 2.95. The molecule has 3 heterocycles. The molecule has 3 rings (SSSR count). The molecule has 2 aromatic heterocycles. The number of aromatic nitrogens is 4. The molecule has 1 saturated heterocycles. The Morgan fingerprint density at radius 2 is 2.14 bits per heavy atom. The molecule has 0 bridgehead atoms. The highest BCUT2D eigenvalue weighted by Gasteiger charge is 2.28. The van der Waals surface area contributed by atoms with Crippen molar-refractivity contribution in [3.8, 4) is 5.82 Å². The van der Waals surface area contributed by atoms with Gasteiger partial charge in [-0.05, 0) is 19.8 Å². The third kappa shape index (κ3) is 3.17. The summed E-state index contributed by atoms with van der Waals surface area (Å²) in [4.78, 5) is 13.2. The lowest BCUT2D eigenvalue weighted by molar-refractivity contribution is 0.310. The van der Waals surface area contributed by atoms with E-state index in [1.807, 2.05) is 23.8 Å². The average molecular weight is 321 g/mol. The van der Waals surface area contributed by atoms with E-state index in [2.05, 4.69) is 15.0 Å². The van der Waals surface area contributed by atoms with Gasteiger partial charge in [-0.3, -0.25) is 4.57 Å². The molecule has 0 aliphatic carbocycles. The summed E-state index contributed by atoms with van der Waals surface area (Å²) < 4.78 is 26.9. The molecular weight excluding hydrogens is 302 g/mol. The summed E-state index contributed by atoms with van der Waals surface area (Å²) in [6.07, 6.45) is 8.20. The smallest absolute Gasteiger partial charge is 0.211 e. The van der Waals surface area contributed by atoms with Crippen molar-refractivity contribution in [1.82, 2.24) is 23.8 Å². The number of piperidine rings is 1. The zero-order chi connectivity index (χ0) is 15.7. The Balaban J connectivity index is 1.91. The van der Waals surface area contributed by atoms with E-state index < -0.39 is 10.0 Å². The van der Waals surface area contributed by atoms with Crippen molar-refractivity contribution in [1.29, 1.82) is 0 Å². The van der Waals surface area contributed by atoms with Crippen LogP contribution in [0.25, 0.3) is 5.82 Å². The average Bonchev–Trinajstić information content (AvgIpc) is 3.00. The van der Waals surface area contributed by atoms with E-state index in [-0.39, 0.29) is 5.92 Å². The van der Waals surface area contributed by atoms with E-state index >= 15 is 0 Å². The Morgan fingerprint density at radius 1 is 1.32 bits per heavy atom. The highest BCUT2D eigenvalue weighted by atomic mass is 32.2. The van der Waals surface area contributed by atoms with Crippen LogP contribution in [0, 0.1) is 6.92 Å². The molecule has 118 valence electrons. The summed E-state index contributed by atoms with van der Waals surface area (Å²) in [5, 5.41) is 0. The van der Waals surface area contributed by atoms with Crippen molar-refractivity contribution >= 4 is 10.0 Å². The fourth-order valence-electron chi connectivity index (χ4n) is 2.74. The molecular formula is C14H19N5O2S. The van der Waals surface area contributed by atoms with E-state index in [0.717, 1.165) is 24.4 Å². The number of imidazole rings is 1. The van der Waals surface area contributed by atoms with Crippen molar-refractivity contribution in [2.75, 3.05) is 19.3 Å². The van der Waals surface area contributed by atoms with Gasteiger partial charge in [0.1, 0.15) is 18.0 Å². The van der Waals surface area contributed by atoms with E-state index in [4.69, 9.17) is 0 Å². The lowest BCUT2D eigenvalue weighted by Gasteiger charge is -2.30. The number of hydrogen-bond acceptors (Lipinski definition) is 5. The number of nitrogens with zero attached hydrogens (tertiary/aromatic N) is 5. The van der Waals surface area contributed by atoms with Crippen molar-refractivity contribution in [3.05, 3.63) is 36.3 Å². The highest BCUT2D eigenvalue weighted by Crippen LogP contribution is 2.26. The van der Waals surface area contributed by atoms with Gasteiger partial charge in [0, 0.05) is 43.2 Å². The first-order valence-electron chi connectivity index (χ1n) is 7.22. The maximum Gasteiger partial charge on any atom is 0.211 e. The highest BCUT2D eigenvalue weighted by molar-refractivity contribution is 7.88.